The Kier molecular flexibility index (Phi) is 5.12. The molecule has 0 saturated carbocycles. The Morgan fingerprint density at radius 2 is 2.33 bits per heavy atom. The normalized spacial score (nSPS) is 9.00. The number of rotatable bonds is 5. The first-order valence-corrected chi connectivity index (χ1v) is 3.04. The van der Waals surface area contributed by atoms with E-state index in [0.717, 1.165) is 12.8 Å². The topological polar surface area (TPSA) is 37.3 Å². The molecule has 0 aromatic heterocycles. The van der Waals surface area contributed by atoms with E-state index in [1.165, 1.54) is 0 Å². The van der Waals surface area contributed by atoms with Gasteiger partial charge in [-0.15, -0.1) is 6.58 Å². The summed E-state index contributed by atoms with van der Waals surface area (Å²) in [5.41, 5.74) is 0. The summed E-state index contributed by atoms with van der Waals surface area (Å²) in [7, 11) is 0. The molecule has 2 nitrogen and oxygen atoms in total. The van der Waals surface area contributed by atoms with Crippen LogP contribution in [0.25, 0.3) is 0 Å². The third-order valence-corrected chi connectivity index (χ3v) is 1.04. The van der Waals surface area contributed by atoms with Crippen LogP contribution in [0.1, 0.15) is 19.3 Å². The van der Waals surface area contributed by atoms with Gasteiger partial charge in [0.15, 0.2) is 5.78 Å². The number of carbonyl (C=O) groups excluding carboxylic acids is 1. The average molecular weight is 128 g/mol. The summed E-state index contributed by atoms with van der Waals surface area (Å²) in [6.07, 6.45) is 3.90. The van der Waals surface area contributed by atoms with Crippen molar-refractivity contribution in [1.29, 1.82) is 0 Å². The minimum Gasteiger partial charge on any atom is -0.389 e. The van der Waals surface area contributed by atoms with Gasteiger partial charge in [0.25, 0.3) is 0 Å². The average Bonchev–Trinajstić information content (AvgIpc) is 1.89. The Labute approximate surface area is 55.2 Å². The van der Waals surface area contributed by atoms with Gasteiger partial charge in [-0.3, -0.25) is 4.79 Å². The molecule has 0 heterocycles. The number of ketones is 1. The largest absolute Gasteiger partial charge is 0.389 e. The summed E-state index contributed by atoms with van der Waals surface area (Å²) < 4.78 is 0. The van der Waals surface area contributed by atoms with Crippen LogP contribution in [0.3, 0.4) is 0 Å². The molecule has 0 unspecified atom stereocenters. The van der Waals surface area contributed by atoms with Crippen LogP contribution in [0.4, 0.5) is 0 Å². The summed E-state index contributed by atoms with van der Waals surface area (Å²) in [5.74, 6) is -0.0862. The highest BCUT2D eigenvalue weighted by molar-refractivity contribution is 5.79. The van der Waals surface area contributed by atoms with Crippen molar-refractivity contribution in [3.05, 3.63) is 12.7 Å². The van der Waals surface area contributed by atoms with Gasteiger partial charge in [0.2, 0.25) is 0 Å². The molecule has 0 rings (SSSR count). The summed E-state index contributed by atoms with van der Waals surface area (Å²) in [6.45, 7) is 3.19. The Balaban J connectivity index is 3.06. The fraction of sp³-hybridized carbons (Fsp3) is 0.571. The van der Waals surface area contributed by atoms with Crippen molar-refractivity contribution in [1.82, 2.24) is 0 Å². The molecular weight excluding hydrogens is 116 g/mol. The Morgan fingerprint density at radius 1 is 1.67 bits per heavy atom. The molecule has 0 aromatic rings. The van der Waals surface area contributed by atoms with E-state index in [4.69, 9.17) is 5.11 Å². The highest BCUT2D eigenvalue weighted by Gasteiger charge is 1.95. The van der Waals surface area contributed by atoms with Gasteiger partial charge in [-0.05, 0) is 12.8 Å². The molecule has 2 heteroatoms. The van der Waals surface area contributed by atoms with Gasteiger partial charge in [0.1, 0.15) is 6.61 Å². The fourth-order valence-corrected chi connectivity index (χ4v) is 0.523. The van der Waals surface area contributed by atoms with E-state index >= 15 is 0 Å². The Morgan fingerprint density at radius 3 is 2.78 bits per heavy atom. The van der Waals surface area contributed by atoms with E-state index in [1.807, 2.05) is 0 Å². The van der Waals surface area contributed by atoms with E-state index < -0.39 is 0 Å². The molecule has 1 N–H and O–H groups in total. The van der Waals surface area contributed by atoms with Crippen molar-refractivity contribution in [3.8, 4) is 0 Å². The van der Waals surface area contributed by atoms with Gasteiger partial charge in [0.05, 0.1) is 0 Å². The zero-order valence-electron chi connectivity index (χ0n) is 5.47. The second kappa shape index (κ2) is 5.51. The summed E-state index contributed by atoms with van der Waals surface area (Å²) in [5, 5.41) is 8.26. The number of hydrogen-bond acceptors (Lipinski definition) is 2. The van der Waals surface area contributed by atoms with Crippen molar-refractivity contribution in [2.45, 2.75) is 19.3 Å². The van der Waals surface area contributed by atoms with Crippen LogP contribution in [0.15, 0.2) is 12.7 Å². The maximum atomic E-state index is 10.4. The number of aliphatic hydroxyl groups is 1. The molecule has 0 amide bonds. The first kappa shape index (κ1) is 8.37. The van der Waals surface area contributed by atoms with Gasteiger partial charge in [0, 0.05) is 6.42 Å². The van der Waals surface area contributed by atoms with Crippen LogP contribution >= 0.6 is 0 Å². The van der Waals surface area contributed by atoms with Crippen LogP contribution in [-0.4, -0.2) is 17.5 Å². The smallest absolute Gasteiger partial charge is 0.158 e. The zero-order chi connectivity index (χ0) is 7.11. The second-order valence-electron chi connectivity index (χ2n) is 1.88. The quantitative estimate of drug-likeness (QED) is 0.441. The highest BCUT2D eigenvalue weighted by atomic mass is 16.3. The van der Waals surface area contributed by atoms with Crippen LogP contribution in [-0.2, 0) is 4.79 Å². The number of allylic oxidation sites excluding steroid dienone is 1. The molecule has 0 spiro atoms. The minimum absolute atomic E-state index is 0.0862. The van der Waals surface area contributed by atoms with Crippen LogP contribution in [0, 0.1) is 0 Å². The maximum Gasteiger partial charge on any atom is 0.158 e. The van der Waals surface area contributed by atoms with Crippen molar-refractivity contribution in [2.75, 3.05) is 6.61 Å². The number of hydrogen-bond donors (Lipinski definition) is 1. The van der Waals surface area contributed by atoms with Gasteiger partial charge in [-0.2, -0.15) is 0 Å². The SMILES string of the molecule is C=CCCCC(=O)CO. The lowest BCUT2D eigenvalue weighted by atomic mass is 10.2. The first-order valence-electron chi connectivity index (χ1n) is 3.04. The molecule has 0 fully saturated rings. The third-order valence-electron chi connectivity index (χ3n) is 1.04. The van der Waals surface area contributed by atoms with E-state index in [9.17, 15) is 4.79 Å². The lowest BCUT2D eigenvalue weighted by Crippen LogP contribution is -2.02. The summed E-state index contributed by atoms with van der Waals surface area (Å²) in [6, 6.07) is 0. The van der Waals surface area contributed by atoms with Crippen molar-refractivity contribution >= 4 is 5.78 Å². The molecular formula is C7H12O2. The van der Waals surface area contributed by atoms with Crippen LogP contribution in [0.2, 0.25) is 0 Å². The number of carbonyl (C=O) groups is 1. The zero-order valence-corrected chi connectivity index (χ0v) is 5.47. The van der Waals surface area contributed by atoms with Gasteiger partial charge in [-0.1, -0.05) is 6.08 Å². The van der Waals surface area contributed by atoms with E-state index in [2.05, 4.69) is 6.58 Å². The molecule has 0 aliphatic carbocycles. The lowest BCUT2D eigenvalue weighted by Gasteiger charge is -1.91. The number of unbranched alkanes of at least 4 members (excludes halogenated alkanes) is 1. The highest BCUT2D eigenvalue weighted by Crippen LogP contribution is 1.95. The molecule has 0 saturated heterocycles. The fourth-order valence-electron chi connectivity index (χ4n) is 0.523. The molecule has 0 aromatic carbocycles. The summed E-state index contributed by atoms with van der Waals surface area (Å²) >= 11 is 0. The van der Waals surface area contributed by atoms with E-state index in [1.54, 1.807) is 6.08 Å². The number of Topliss-reactive ketones (excluding diaryl/α,β-unsaturated/α-hetero) is 1. The molecule has 0 aliphatic rings. The Hall–Kier alpha value is -0.630. The van der Waals surface area contributed by atoms with Gasteiger partial charge >= 0.3 is 0 Å². The third kappa shape index (κ3) is 5.24. The van der Waals surface area contributed by atoms with E-state index in [0.29, 0.717) is 6.42 Å². The monoisotopic (exact) mass is 128 g/mol. The predicted molar refractivity (Wildman–Crippen MR) is 36.1 cm³/mol. The van der Waals surface area contributed by atoms with Crippen LogP contribution < -0.4 is 0 Å². The summed E-state index contributed by atoms with van der Waals surface area (Å²) in [4.78, 5) is 10.4. The minimum atomic E-state index is -0.322. The molecule has 9 heavy (non-hydrogen) atoms. The maximum absolute atomic E-state index is 10.4. The second-order valence-corrected chi connectivity index (χ2v) is 1.88. The van der Waals surface area contributed by atoms with E-state index in [-0.39, 0.29) is 12.4 Å². The van der Waals surface area contributed by atoms with Crippen LogP contribution in [0.5, 0.6) is 0 Å². The molecule has 0 bridgehead atoms. The van der Waals surface area contributed by atoms with Gasteiger partial charge in [-0.25, -0.2) is 0 Å². The number of aliphatic hydroxyl groups excluding tert-OH is 1. The molecule has 0 radical (unpaired) electrons. The standard InChI is InChI=1S/C7H12O2/c1-2-3-4-5-7(9)6-8/h2,8H,1,3-6H2. The van der Waals surface area contributed by atoms with Crippen molar-refractivity contribution < 1.29 is 9.90 Å². The lowest BCUT2D eigenvalue weighted by molar-refractivity contribution is -0.121. The molecule has 52 valence electrons. The van der Waals surface area contributed by atoms with Crippen molar-refractivity contribution in [2.24, 2.45) is 0 Å². The molecule has 0 atom stereocenters. The van der Waals surface area contributed by atoms with Gasteiger partial charge < -0.3 is 5.11 Å². The Bertz CT molecular complexity index is 97.1. The molecule has 0 aliphatic heterocycles. The first-order chi connectivity index (χ1) is 4.31. The predicted octanol–water partition coefficient (Wildman–Crippen LogP) is 0.904. The van der Waals surface area contributed by atoms with Crippen molar-refractivity contribution in [3.63, 3.8) is 0 Å².